The molecule has 0 aliphatic rings. The highest BCUT2D eigenvalue weighted by Crippen LogP contribution is 2.38. The van der Waals surface area contributed by atoms with Gasteiger partial charge < -0.3 is 5.11 Å². The van der Waals surface area contributed by atoms with E-state index in [1.165, 1.54) is 18.2 Å². The topological polar surface area (TPSA) is 200 Å². The van der Waals surface area contributed by atoms with Gasteiger partial charge in [0.2, 0.25) is 0 Å². The lowest BCUT2D eigenvalue weighted by Gasteiger charge is -2.07. The minimum Gasteiger partial charge on any atom is -0.506 e. The number of phenolic OH excluding ortho intramolecular Hbond substituents is 1. The van der Waals surface area contributed by atoms with Crippen LogP contribution in [0.15, 0.2) is 133 Å². The molecule has 0 bridgehead atoms. The lowest BCUT2D eigenvalue weighted by molar-refractivity contribution is 0.476. The number of rotatable bonds is 7. The molecule has 0 unspecified atom stereocenters. The number of fused-ring (bicyclic) bond motifs is 1. The smallest absolute Gasteiger partial charge is 0.425 e. The zero-order chi connectivity index (χ0) is 32.6. The first-order valence-corrected chi connectivity index (χ1v) is 15.4. The van der Waals surface area contributed by atoms with Gasteiger partial charge in [0.05, 0.1) is 33.3 Å². The molecule has 5 aromatic rings. The van der Waals surface area contributed by atoms with Gasteiger partial charge in [0.1, 0.15) is 11.4 Å². The lowest BCUT2D eigenvalue weighted by atomic mass is 10.1. The van der Waals surface area contributed by atoms with Crippen LogP contribution in [0.1, 0.15) is 11.1 Å². The first-order chi connectivity index (χ1) is 21.4. The molecule has 5 rings (SSSR count). The number of aryl methyl sites for hydroxylation is 2. The fourth-order valence-electron chi connectivity index (χ4n) is 3.99. The average molecular weight is 645 g/mol. The van der Waals surface area contributed by atoms with Crippen molar-refractivity contribution in [3.8, 4) is 5.75 Å². The third-order valence-corrected chi connectivity index (χ3v) is 6.97. The van der Waals surface area contributed by atoms with Crippen molar-refractivity contribution in [1.82, 2.24) is 0 Å². The zero-order valence-corrected chi connectivity index (χ0v) is 25.3. The highest BCUT2D eigenvalue weighted by atomic mass is 32.2. The molecule has 0 spiro atoms. The second-order valence-corrected chi connectivity index (χ2v) is 11.2. The number of benzene rings is 5. The summed E-state index contributed by atoms with van der Waals surface area (Å²) in [5.74, 6) is -0.0139. The normalized spacial score (nSPS) is 11.7. The fourth-order valence-corrected chi connectivity index (χ4v) is 4.50. The van der Waals surface area contributed by atoms with Crippen LogP contribution in [-0.4, -0.2) is 30.7 Å². The van der Waals surface area contributed by atoms with E-state index >= 15 is 0 Å². The molecule has 0 saturated heterocycles. The van der Waals surface area contributed by atoms with E-state index in [1.54, 1.807) is 42.5 Å². The van der Waals surface area contributed by atoms with Gasteiger partial charge in [0.25, 0.3) is 10.1 Å². The zero-order valence-electron chi connectivity index (χ0n) is 23.7. The summed E-state index contributed by atoms with van der Waals surface area (Å²) in [5, 5.41) is 36.7. The number of hydrogen-bond donors (Lipinski definition) is 2. The predicted octanol–water partition coefficient (Wildman–Crippen LogP) is 8.65. The molecule has 13 nitrogen and oxygen atoms in total. The summed E-state index contributed by atoms with van der Waals surface area (Å²) in [7, 11) is -7.58. The predicted molar refractivity (Wildman–Crippen MR) is 166 cm³/mol. The van der Waals surface area contributed by atoms with Crippen LogP contribution < -0.4 is 0 Å². The Morgan fingerprint density at radius 1 is 0.578 bits per heavy atom. The maximum absolute atomic E-state index is 11.9. The van der Waals surface area contributed by atoms with E-state index < -0.39 is 20.7 Å². The van der Waals surface area contributed by atoms with Crippen molar-refractivity contribution < 1.29 is 30.7 Å². The summed E-state index contributed by atoms with van der Waals surface area (Å²) in [6, 6.07) is 27.1. The summed E-state index contributed by atoms with van der Waals surface area (Å²) >= 11 is 0. The first-order valence-electron chi connectivity index (χ1n) is 12.9. The summed E-state index contributed by atoms with van der Waals surface area (Å²) < 4.78 is 58.7. The Kier molecular flexibility index (Phi) is 10.3. The molecule has 0 aliphatic carbocycles. The van der Waals surface area contributed by atoms with Crippen LogP contribution in [0.3, 0.4) is 0 Å². The van der Waals surface area contributed by atoms with Gasteiger partial charge in [0, 0.05) is 10.8 Å². The lowest BCUT2D eigenvalue weighted by Crippen LogP contribution is -1.97. The number of azo groups is 3. The average Bonchev–Trinajstić information content (AvgIpc) is 2.99. The summed E-state index contributed by atoms with van der Waals surface area (Å²) in [6.07, 6.45) is 0. The van der Waals surface area contributed by atoms with Crippen molar-refractivity contribution in [1.29, 1.82) is 0 Å². The number of nitrogens with zero attached hydrogens (tertiary/aromatic N) is 6. The highest BCUT2D eigenvalue weighted by Gasteiger charge is 2.14. The molecule has 0 fully saturated rings. The van der Waals surface area contributed by atoms with Crippen LogP contribution in [0.5, 0.6) is 5.75 Å². The Hall–Kier alpha value is -5.51. The summed E-state index contributed by atoms with van der Waals surface area (Å²) in [6.45, 7) is 3.73. The van der Waals surface area contributed by atoms with Crippen molar-refractivity contribution in [3.63, 3.8) is 0 Å². The molecule has 0 heterocycles. The second kappa shape index (κ2) is 14.3. The standard InChI is InChI=1S/C30H24N6O4S.O3S/c1-19-8-12-29(30(37)16-19)36-35-27-14-15-28(25-18-23(41(38,39)40)10-11-24(25)27)34-32-22-9-13-26(20(2)17-22)33-31-21-6-4-3-5-7-21;1-4(2)3/h3-18,37H,1-2H3,(H,38,39,40);. The largest absolute Gasteiger partial charge is 0.506 e. The summed E-state index contributed by atoms with van der Waals surface area (Å²) in [5.41, 5.74) is 4.74. The molecule has 0 aromatic heterocycles. The van der Waals surface area contributed by atoms with Crippen LogP contribution >= 0.6 is 0 Å². The Bertz CT molecular complexity index is 2180. The van der Waals surface area contributed by atoms with Gasteiger partial charge in [-0.2, -0.15) is 23.8 Å². The Labute approximate surface area is 259 Å². The third-order valence-electron chi connectivity index (χ3n) is 6.12. The van der Waals surface area contributed by atoms with Gasteiger partial charge >= 0.3 is 10.6 Å². The molecule has 15 heteroatoms. The Balaban J connectivity index is 0.00000109. The SMILES string of the molecule is Cc1ccc(N=Nc2ccc(N=Nc3ccc(N=Nc4ccccc4)c(C)c3)c3cc(S(=O)(=O)O)ccc23)c(O)c1.O=S(=O)=O. The van der Waals surface area contributed by atoms with E-state index in [0.717, 1.165) is 16.8 Å². The van der Waals surface area contributed by atoms with Crippen LogP contribution in [0.2, 0.25) is 0 Å². The van der Waals surface area contributed by atoms with Gasteiger partial charge in [-0.1, -0.05) is 30.3 Å². The van der Waals surface area contributed by atoms with Crippen LogP contribution in [0, 0.1) is 13.8 Å². The maximum atomic E-state index is 11.9. The van der Waals surface area contributed by atoms with Crippen LogP contribution in [-0.2, 0) is 20.7 Å². The van der Waals surface area contributed by atoms with Gasteiger partial charge in [-0.25, -0.2) is 0 Å². The Morgan fingerprint density at radius 3 is 1.78 bits per heavy atom. The molecule has 228 valence electrons. The van der Waals surface area contributed by atoms with Gasteiger partial charge in [0.15, 0.2) is 0 Å². The van der Waals surface area contributed by atoms with Gasteiger partial charge in [-0.05, 0) is 91.7 Å². The molecule has 5 aromatic carbocycles. The molecule has 2 N–H and O–H groups in total. The minimum absolute atomic E-state index is 0.0139. The first kappa shape index (κ1) is 32.4. The Morgan fingerprint density at radius 2 is 1.13 bits per heavy atom. The molecular weight excluding hydrogens is 620 g/mol. The van der Waals surface area contributed by atoms with E-state index in [0.29, 0.717) is 33.5 Å². The van der Waals surface area contributed by atoms with Crippen LogP contribution in [0.4, 0.5) is 34.1 Å². The molecule has 0 amide bonds. The van der Waals surface area contributed by atoms with Crippen molar-refractivity contribution in [2.45, 2.75) is 18.7 Å². The van der Waals surface area contributed by atoms with Crippen molar-refractivity contribution in [3.05, 3.63) is 108 Å². The van der Waals surface area contributed by atoms with E-state index in [9.17, 15) is 18.1 Å². The molecule has 0 saturated carbocycles. The van der Waals surface area contributed by atoms with Gasteiger partial charge in [-0.3, -0.25) is 4.55 Å². The number of phenols is 1. The highest BCUT2D eigenvalue weighted by molar-refractivity contribution is 7.85. The second-order valence-electron chi connectivity index (χ2n) is 9.39. The minimum atomic E-state index is -4.47. The van der Waals surface area contributed by atoms with Crippen molar-refractivity contribution >= 4 is 65.6 Å². The van der Waals surface area contributed by atoms with E-state index in [-0.39, 0.29) is 16.3 Å². The summed E-state index contributed by atoms with van der Waals surface area (Å²) in [4.78, 5) is -0.296. The number of hydrogen-bond acceptors (Lipinski definition) is 12. The van der Waals surface area contributed by atoms with E-state index in [4.69, 9.17) is 12.6 Å². The fraction of sp³-hybridized carbons (Fsp3) is 0.0667. The van der Waals surface area contributed by atoms with E-state index in [2.05, 4.69) is 30.7 Å². The molecule has 45 heavy (non-hydrogen) atoms. The van der Waals surface area contributed by atoms with Crippen molar-refractivity contribution in [2.75, 3.05) is 0 Å². The molecule has 0 aliphatic heterocycles. The van der Waals surface area contributed by atoms with Gasteiger partial charge in [-0.15, -0.1) is 28.0 Å². The van der Waals surface area contributed by atoms with Crippen LogP contribution in [0.25, 0.3) is 10.8 Å². The monoisotopic (exact) mass is 644 g/mol. The quantitative estimate of drug-likeness (QED) is 0.130. The maximum Gasteiger partial charge on any atom is 0.425 e. The molecular formula is C30H24N6O7S2. The molecule has 0 atom stereocenters. The van der Waals surface area contributed by atoms with E-state index in [1.807, 2.05) is 50.2 Å². The van der Waals surface area contributed by atoms with Crippen molar-refractivity contribution in [2.24, 2.45) is 30.7 Å². The molecule has 0 radical (unpaired) electrons. The third kappa shape index (κ3) is 8.99. The number of aromatic hydroxyl groups is 1.